The van der Waals surface area contributed by atoms with Gasteiger partial charge in [-0.25, -0.2) is 4.79 Å². The minimum atomic E-state index is -1.09. The molecule has 0 saturated heterocycles. The molecule has 1 fully saturated rings. The second kappa shape index (κ2) is 12.9. The van der Waals surface area contributed by atoms with Gasteiger partial charge in [-0.1, -0.05) is 43.7 Å². The number of nitrogens with zero attached hydrogens (tertiary/aromatic N) is 1. The first-order valence-corrected chi connectivity index (χ1v) is 13.6. The second-order valence-corrected chi connectivity index (χ2v) is 11.2. The molecule has 0 radical (unpaired) electrons. The molecule has 1 aliphatic carbocycles. The van der Waals surface area contributed by atoms with E-state index in [9.17, 15) is 24.6 Å². The predicted molar refractivity (Wildman–Crippen MR) is 148 cm³/mol. The van der Waals surface area contributed by atoms with Crippen LogP contribution >= 0.6 is 0 Å². The average molecular weight is 540 g/mol. The number of hydrogen-bond donors (Lipinski definition) is 4. The smallest absolute Gasteiger partial charge is 0.408 e. The monoisotopic (exact) mass is 539 g/mol. The molecule has 2 aromatic carbocycles. The molecule has 4 N–H and O–H groups in total. The maximum Gasteiger partial charge on any atom is 0.408 e. The lowest BCUT2D eigenvalue weighted by molar-refractivity contribution is -0.143. The number of amides is 3. The lowest BCUT2D eigenvalue weighted by Crippen LogP contribution is -2.55. The van der Waals surface area contributed by atoms with Crippen LogP contribution in [0.4, 0.5) is 4.79 Å². The van der Waals surface area contributed by atoms with Crippen LogP contribution in [0.1, 0.15) is 77.5 Å². The number of para-hydroxylation sites is 1. The van der Waals surface area contributed by atoms with Gasteiger partial charge in [0.1, 0.15) is 29.2 Å². The van der Waals surface area contributed by atoms with Crippen molar-refractivity contribution in [1.82, 2.24) is 15.5 Å². The molecule has 0 heterocycles. The number of ether oxygens (including phenoxy) is 1. The summed E-state index contributed by atoms with van der Waals surface area (Å²) >= 11 is 0. The van der Waals surface area contributed by atoms with Crippen molar-refractivity contribution in [1.29, 1.82) is 0 Å². The van der Waals surface area contributed by atoms with Gasteiger partial charge in [0, 0.05) is 24.1 Å². The third-order valence-electron chi connectivity index (χ3n) is 6.43. The van der Waals surface area contributed by atoms with Crippen molar-refractivity contribution in [3.05, 3.63) is 59.7 Å². The number of phenolic OH excluding ortho intramolecular Hbond substituents is 2. The molecule has 3 atom stereocenters. The van der Waals surface area contributed by atoms with Crippen LogP contribution in [0.3, 0.4) is 0 Å². The molecule has 0 bridgehead atoms. The molecule has 2 aromatic rings. The van der Waals surface area contributed by atoms with Crippen molar-refractivity contribution in [3.63, 3.8) is 0 Å². The highest BCUT2D eigenvalue weighted by molar-refractivity contribution is 5.93. The number of benzene rings is 2. The summed E-state index contributed by atoms with van der Waals surface area (Å²) in [5.41, 5.74) is 0.248. The van der Waals surface area contributed by atoms with Gasteiger partial charge in [-0.15, -0.1) is 0 Å². The van der Waals surface area contributed by atoms with Gasteiger partial charge in [0.05, 0.1) is 0 Å². The van der Waals surface area contributed by atoms with E-state index in [-0.39, 0.29) is 30.0 Å². The van der Waals surface area contributed by atoms with Gasteiger partial charge in [-0.05, 0) is 70.7 Å². The standard InChI is InChI=1S/C30H41N3O6/c1-6-9-19(2)31-27(36)26(23-10-7-8-11-25(23)35)33(21-14-15-21)28(37)24(32-29(38)39-30(3,4)5)18-20-12-16-22(34)17-13-20/h7-8,10-13,16-17,19,21,24,26,34-35H,6,9,14-15,18H2,1-5H3,(H,31,36)(H,32,38). The number of nitrogens with one attached hydrogen (secondary N) is 2. The fourth-order valence-electron chi connectivity index (χ4n) is 4.53. The SMILES string of the molecule is CCCC(C)NC(=O)C(c1ccccc1O)N(C(=O)C(Cc1ccc(O)cc1)NC(=O)OC(C)(C)C)C1CC1. The van der Waals surface area contributed by atoms with Crippen molar-refractivity contribution in [2.75, 3.05) is 0 Å². The summed E-state index contributed by atoms with van der Waals surface area (Å²) in [5.74, 6) is -0.852. The number of aromatic hydroxyl groups is 2. The van der Waals surface area contributed by atoms with Gasteiger partial charge in [0.15, 0.2) is 0 Å². The van der Waals surface area contributed by atoms with E-state index in [1.54, 1.807) is 51.1 Å². The zero-order chi connectivity index (χ0) is 28.7. The van der Waals surface area contributed by atoms with Crippen LogP contribution in [0.15, 0.2) is 48.5 Å². The molecular formula is C30H41N3O6. The molecule has 3 unspecified atom stereocenters. The number of carbonyl (C=O) groups excluding carboxylic acids is 3. The van der Waals surface area contributed by atoms with Crippen molar-refractivity contribution in [2.24, 2.45) is 0 Å². The quantitative estimate of drug-likeness (QED) is 0.331. The second-order valence-electron chi connectivity index (χ2n) is 11.2. The number of phenols is 2. The minimum Gasteiger partial charge on any atom is -0.508 e. The van der Waals surface area contributed by atoms with Gasteiger partial charge >= 0.3 is 6.09 Å². The predicted octanol–water partition coefficient (Wildman–Crippen LogP) is 4.57. The van der Waals surface area contributed by atoms with Gasteiger partial charge in [-0.2, -0.15) is 0 Å². The maximum atomic E-state index is 14.3. The molecular weight excluding hydrogens is 498 g/mol. The summed E-state index contributed by atoms with van der Waals surface area (Å²) in [7, 11) is 0. The average Bonchev–Trinajstić information content (AvgIpc) is 3.67. The summed E-state index contributed by atoms with van der Waals surface area (Å²) in [5, 5.41) is 26.2. The molecule has 212 valence electrons. The Labute approximate surface area is 230 Å². The van der Waals surface area contributed by atoms with Crippen LogP contribution in [0.25, 0.3) is 0 Å². The molecule has 0 aromatic heterocycles. The van der Waals surface area contributed by atoms with E-state index in [1.807, 2.05) is 13.8 Å². The van der Waals surface area contributed by atoms with Crippen LogP contribution in [0.2, 0.25) is 0 Å². The normalized spacial score (nSPS) is 15.5. The first-order chi connectivity index (χ1) is 18.4. The largest absolute Gasteiger partial charge is 0.508 e. The highest BCUT2D eigenvalue weighted by Crippen LogP contribution is 2.38. The lowest BCUT2D eigenvalue weighted by Gasteiger charge is -2.35. The maximum absolute atomic E-state index is 14.3. The van der Waals surface area contributed by atoms with Crippen molar-refractivity contribution < 1.29 is 29.3 Å². The van der Waals surface area contributed by atoms with Gasteiger partial charge in [0.25, 0.3) is 0 Å². The Kier molecular flexibility index (Phi) is 9.83. The summed E-state index contributed by atoms with van der Waals surface area (Å²) in [6, 6.07) is 10.4. The van der Waals surface area contributed by atoms with Crippen LogP contribution in [0, 0.1) is 0 Å². The van der Waals surface area contributed by atoms with Crippen molar-refractivity contribution >= 4 is 17.9 Å². The Balaban J connectivity index is 2.01. The van der Waals surface area contributed by atoms with E-state index in [2.05, 4.69) is 10.6 Å². The molecule has 3 amide bonds. The Hall–Kier alpha value is -3.75. The minimum absolute atomic E-state index is 0.0822. The fraction of sp³-hybridized carbons (Fsp3) is 0.500. The zero-order valence-electron chi connectivity index (χ0n) is 23.4. The fourth-order valence-corrected chi connectivity index (χ4v) is 4.53. The molecule has 9 nitrogen and oxygen atoms in total. The lowest BCUT2D eigenvalue weighted by atomic mass is 9.99. The molecule has 0 spiro atoms. The topological polar surface area (TPSA) is 128 Å². The number of carbonyl (C=O) groups is 3. The summed E-state index contributed by atoms with van der Waals surface area (Å²) in [4.78, 5) is 42.3. The highest BCUT2D eigenvalue weighted by Gasteiger charge is 2.45. The van der Waals surface area contributed by atoms with E-state index in [1.165, 1.54) is 23.1 Å². The zero-order valence-corrected chi connectivity index (χ0v) is 23.4. The third kappa shape index (κ3) is 8.63. The molecule has 9 heteroatoms. The number of hydrogen-bond acceptors (Lipinski definition) is 6. The highest BCUT2D eigenvalue weighted by atomic mass is 16.6. The number of alkyl carbamates (subject to hydrolysis) is 1. The summed E-state index contributed by atoms with van der Waals surface area (Å²) < 4.78 is 5.44. The van der Waals surface area contributed by atoms with Crippen LogP contribution < -0.4 is 10.6 Å². The Morgan fingerprint density at radius 2 is 1.67 bits per heavy atom. The molecule has 1 saturated carbocycles. The third-order valence-corrected chi connectivity index (χ3v) is 6.43. The summed E-state index contributed by atoms with van der Waals surface area (Å²) in [6.07, 6.45) is 2.40. The van der Waals surface area contributed by atoms with Crippen molar-refractivity contribution in [2.45, 2.75) is 96.5 Å². The van der Waals surface area contributed by atoms with Crippen LogP contribution in [-0.2, 0) is 20.7 Å². The van der Waals surface area contributed by atoms with Crippen LogP contribution in [0.5, 0.6) is 11.5 Å². The van der Waals surface area contributed by atoms with E-state index in [4.69, 9.17) is 4.74 Å². The first kappa shape index (κ1) is 29.8. The first-order valence-electron chi connectivity index (χ1n) is 13.6. The summed E-state index contributed by atoms with van der Waals surface area (Å²) in [6.45, 7) is 9.13. The van der Waals surface area contributed by atoms with Gasteiger partial charge in [0.2, 0.25) is 11.8 Å². The molecule has 39 heavy (non-hydrogen) atoms. The van der Waals surface area contributed by atoms with E-state index in [0.29, 0.717) is 24.0 Å². The van der Waals surface area contributed by atoms with E-state index in [0.717, 1.165) is 12.8 Å². The van der Waals surface area contributed by atoms with Crippen LogP contribution in [-0.4, -0.2) is 56.7 Å². The Morgan fingerprint density at radius 1 is 1.03 bits per heavy atom. The van der Waals surface area contributed by atoms with Gasteiger partial charge in [-0.3, -0.25) is 9.59 Å². The Morgan fingerprint density at radius 3 is 2.23 bits per heavy atom. The van der Waals surface area contributed by atoms with Crippen molar-refractivity contribution in [3.8, 4) is 11.5 Å². The number of rotatable bonds is 11. The molecule has 1 aliphatic rings. The van der Waals surface area contributed by atoms with E-state index < -0.39 is 35.6 Å². The van der Waals surface area contributed by atoms with Gasteiger partial charge < -0.3 is 30.5 Å². The van der Waals surface area contributed by atoms with E-state index >= 15 is 0 Å². The molecule has 3 rings (SSSR count). The molecule has 0 aliphatic heterocycles. The Bertz CT molecular complexity index is 1140.